The minimum atomic E-state index is -0.451. The second-order valence-electron chi connectivity index (χ2n) is 7.70. The topological polar surface area (TPSA) is 49.3 Å². The predicted octanol–water partition coefficient (Wildman–Crippen LogP) is 4.87. The van der Waals surface area contributed by atoms with Crippen LogP contribution in [0.2, 0.25) is 0 Å². The Morgan fingerprint density at radius 2 is 1.72 bits per heavy atom. The molecule has 0 aromatic heterocycles. The molecule has 0 saturated heterocycles. The van der Waals surface area contributed by atoms with Crippen molar-refractivity contribution in [2.45, 2.75) is 52.4 Å². The molecule has 1 aliphatic rings. The number of carbonyl (C=O) groups excluding carboxylic acids is 1. The van der Waals surface area contributed by atoms with Crippen LogP contribution < -0.4 is 5.32 Å². The molecule has 3 heteroatoms. The van der Waals surface area contributed by atoms with Crippen molar-refractivity contribution in [1.82, 2.24) is 0 Å². The minimum absolute atomic E-state index is 0.0103. The van der Waals surface area contributed by atoms with Gasteiger partial charge in [0, 0.05) is 11.1 Å². The van der Waals surface area contributed by atoms with Crippen LogP contribution in [0.15, 0.2) is 42.5 Å². The minimum Gasteiger partial charge on any atom is -0.508 e. The van der Waals surface area contributed by atoms with E-state index in [9.17, 15) is 9.90 Å². The first-order valence-electron chi connectivity index (χ1n) is 9.15. The van der Waals surface area contributed by atoms with Crippen LogP contribution in [0.3, 0.4) is 0 Å². The Bertz CT molecular complexity index is 747. The van der Waals surface area contributed by atoms with Gasteiger partial charge in [-0.05, 0) is 79.5 Å². The van der Waals surface area contributed by atoms with Crippen molar-refractivity contribution < 1.29 is 9.90 Å². The second kappa shape index (κ2) is 7.30. The van der Waals surface area contributed by atoms with Crippen molar-refractivity contribution in [3.05, 3.63) is 59.2 Å². The molecule has 25 heavy (non-hydrogen) atoms. The number of aromatic hydroxyl groups is 1. The number of fused-ring (bicyclic) bond motifs is 1. The molecule has 1 amide bonds. The highest BCUT2D eigenvalue weighted by atomic mass is 16.3. The zero-order valence-electron chi connectivity index (χ0n) is 15.1. The third-order valence-electron chi connectivity index (χ3n) is 5.19. The molecule has 0 spiro atoms. The van der Waals surface area contributed by atoms with Gasteiger partial charge >= 0.3 is 0 Å². The summed E-state index contributed by atoms with van der Waals surface area (Å²) in [4.78, 5) is 12.6. The molecule has 2 aromatic carbocycles. The van der Waals surface area contributed by atoms with Gasteiger partial charge in [-0.1, -0.05) is 32.0 Å². The van der Waals surface area contributed by atoms with Crippen LogP contribution in [0, 0.1) is 5.41 Å². The Morgan fingerprint density at radius 3 is 2.44 bits per heavy atom. The molecule has 2 aromatic rings. The van der Waals surface area contributed by atoms with Crippen molar-refractivity contribution in [2.24, 2.45) is 5.41 Å². The molecule has 0 bridgehead atoms. The first-order chi connectivity index (χ1) is 11.9. The maximum atomic E-state index is 12.6. The lowest BCUT2D eigenvalue weighted by atomic mass is 9.84. The van der Waals surface area contributed by atoms with E-state index in [2.05, 4.69) is 23.5 Å². The normalized spacial score (nSPS) is 14.0. The van der Waals surface area contributed by atoms with E-state index in [1.54, 1.807) is 24.3 Å². The molecule has 0 atom stereocenters. The molecule has 0 radical (unpaired) electrons. The molecule has 1 aliphatic carbocycles. The fourth-order valence-electron chi connectivity index (χ4n) is 3.36. The average Bonchev–Trinajstić information content (AvgIpc) is 2.62. The maximum Gasteiger partial charge on any atom is 0.230 e. The number of phenols is 1. The number of carbonyl (C=O) groups is 1. The summed E-state index contributed by atoms with van der Waals surface area (Å²) >= 11 is 0. The van der Waals surface area contributed by atoms with E-state index in [1.165, 1.54) is 42.4 Å². The maximum absolute atomic E-state index is 12.6. The van der Waals surface area contributed by atoms with Crippen molar-refractivity contribution in [2.75, 3.05) is 5.32 Å². The van der Waals surface area contributed by atoms with Crippen molar-refractivity contribution in [3.8, 4) is 5.75 Å². The van der Waals surface area contributed by atoms with Gasteiger partial charge in [0.25, 0.3) is 0 Å². The number of nitrogens with one attached hydrogen (secondary N) is 1. The zero-order chi connectivity index (χ0) is 17.9. The second-order valence-corrected chi connectivity index (χ2v) is 7.70. The van der Waals surface area contributed by atoms with Gasteiger partial charge in [0.05, 0.1) is 0 Å². The van der Waals surface area contributed by atoms with E-state index in [-0.39, 0.29) is 11.7 Å². The highest BCUT2D eigenvalue weighted by Gasteiger charge is 2.27. The van der Waals surface area contributed by atoms with Gasteiger partial charge < -0.3 is 10.4 Å². The molecule has 0 heterocycles. The molecule has 132 valence electrons. The summed E-state index contributed by atoms with van der Waals surface area (Å²) in [7, 11) is 0. The van der Waals surface area contributed by atoms with E-state index < -0.39 is 5.41 Å². The Morgan fingerprint density at radius 1 is 1.04 bits per heavy atom. The summed E-state index contributed by atoms with van der Waals surface area (Å²) in [6.07, 6.45) is 6.69. The molecule has 2 N–H and O–H groups in total. The summed E-state index contributed by atoms with van der Waals surface area (Å²) in [6.45, 7) is 3.97. The summed E-state index contributed by atoms with van der Waals surface area (Å²) in [6, 6.07) is 13.4. The van der Waals surface area contributed by atoms with E-state index in [4.69, 9.17) is 0 Å². The number of rotatable bonds is 5. The smallest absolute Gasteiger partial charge is 0.230 e. The first kappa shape index (κ1) is 17.5. The number of hydrogen-bond acceptors (Lipinski definition) is 2. The van der Waals surface area contributed by atoms with Gasteiger partial charge in [0.2, 0.25) is 5.91 Å². The van der Waals surface area contributed by atoms with E-state index in [0.29, 0.717) is 5.69 Å². The molecule has 0 unspecified atom stereocenters. The van der Waals surface area contributed by atoms with E-state index in [0.717, 1.165) is 12.8 Å². The summed E-state index contributed by atoms with van der Waals surface area (Å²) in [5.74, 6) is 0.209. The van der Waals surface area contributed by atoms with Crippen LogP contribution in [0.4, 0.5) is 5.69 Å². The van der Waals surface area contributed by atoms with Crippen LogP contribution in [0.25, 0.3) is 0 Å². The molecule has 0 saturated carbocycles. The van der Waals surface area contributed by atoms with Gasteiger partial charge in [0.1, 0.15) is 5.75 Å². The summed E-state index contributed by atoms with van der Waals surface area (Å²) in [5.41, 5.74) is 4.58. The summed E-state index contributed by atoms with van der Waals surface area (Å²) < 4.78 is 0. The number of phenolic OH excluding ortho intramolecular Hbond substituents is 1. The zero-order valence-corrected chi connectivity index (χ0v) is 15.1. The Hall–Kier alpha value is -2.29. The van der Waals surface area contributed by atoms with Crippen LogP contribution in [0.5, 0.6) is 5.75 Å². The highest BCUT2D eigenvalue weighted by molar-refractivity contribution is 5.94. The number of hydrogen-bond donors (Lipinski definition) is 2. The van der Waals surface area contributed by atoms with Crippen LogP contribution in [-0.2, 0) is 24.1 Å². The van der Waals surface area contributed by atoms with Gasteiger partial charge in [0.15, 0.2) is 0 Å². The predicted molar refractivity (Wildman–Crippen MR) is 102 cm³/mol. The van der Waals surface area contributed by atoms with Crippen LogP contribution in [-0.4, -0.2) is 11.0 Å². The van der Waals surface area contributed by atoms with Gasteiger partial charge in [-0.25, -0.2) is 0 Å². The number of anilines is 1. The van der Waals surface area contributed by atoms with Crippen molar-refractivity contribution in [3.63, 3.8) is 0 Å². The molecule has 0 aliphatic heterocycles. The van der Waals surface area contributed by atoms with Gasteiger partial charge in [-0.3, -0.25) is 4.79 Å². The Labute approximate surface area is 150 Å². The number of benzene rings is 2. The largest absolute Gasteiger partial charge is 0.508 e. The van der Waals surface area contributed by atoms with E-state index in [1.807, 2.05) is 13.8 Å². The number of amides is 1. The first-order valence-corrected chi connectivity index (χ1v) is 9.15. The van der Waals surface area contributed by atoms with E-state index >= 15 is 0 Å². The SMILES string of the molecule is CC(C)(CCc1ccc2c(c1)CCCC2)C(=O)Nc1ccc(O)cc1. The number of aryl methyl sites for hydroxylation is 3. The average molecular weight is 337 g/mol. The lowest BCUT2D eigenvalue weighted by Gasteiger charge is -2.24. The monoisotopic (exact) mass is 337 g/mol. The summed E-state index contributed by atoms with van der Waals surface area (Å²) in [5, 5.41) is 12.3. The standard InChI is InChI=1S/C22H27NO2/c1-22(2,21(25)23-19-9-11-20(24)12-10-19)14-13-16-7-8-17-5-3-4-6-18(17)15-16/h7-12,15,24H,3-6,13-14H2,1-2H3,(H,23,25). The van der Waals surface area contributed by atoms with Crippen LogP contribution >= 0.6 is 0 Å². The molecule has 3 rings (SSSR count). The molecular formula is C22H27NO2. The highest BCUT2D eigenvalue weighted by Crippen LogP contribution is 2.28. The molecule has 3 nitrogen and oxygen atoms in total. The van der Waals surface area contributed by atoms with Gasteiger partial charge in [-0.15, -0.1) is 0 Å². The Kier molecular flexibility index (Phi) is 5.12. The fourth-order valence-corrected chi connectivity index (χ4v) is 3.36. The fraction of sp³-hybridized carbons (Fsp3) is 0.409. The van der Waals surface area contributed by atoms with Crippen molar-refractivity contribution >= 4 is 11.6 Å². The quantitative estimate of drug-likeness (QED) is 0.765. The van der Waals surface area contributed by atoms with Crippen LogP contribution in [0.1, 0.15) is 49.8 Å². The lowest BCUT2D eigenvalue weighted by Crippen LogP contribution is -2.31. The third-order valence-corrected chi connectivity index (χ3v) is 5.19. The molecular weight excluding hydrogens is 310 g/mol. The lowest BCUT2D eigenvalue weighted by molar-refractivity contribution is -0.124. The van der Waals surface area contributed by atoms with Crippen molar-refractivity contribution in [1.29, 1.82) is 0 Å². The van der Waals surface area contributed by atoms with Gasteiger partial charge in [-0.2, -0.15) is 0 Å². The Balaban J connectivity index is 1.60. The third kappa shape index (κ3) is 4.41. The molecule has 0 fully saturated rings.